The summed E-state index contributed by atoms with van der Waals surface area (Å²) in [5.74, 6) is -0.333. The van der Waals surface area contributed by atoms with Gasteiger partial charge >= 0.3 is 5.97 Å². The maximum atomic E-state index is 15.4. The monoisotopic (exact) mass is 744 g/mol. The van der Waals surface area contributed by atoms with Gasteiger partial charge in [0, 0.05) is 31.8 Å². The van der Waals surface area contributed by atoms with Crippen molar-refractivity contribution in [1.29, 1.82) is 0 Å². The molecule has 0 aliphatic heterocycles. The largest absolute Gasteiger partial charge is 0.497 e. The Hall–Kier alpha value is -5.33. The standard InChI is InChI=1S/C41H42F2N2O7S/c1-27(2)35-22-32(42)23-36(37(35)24-41(46)51-5)31-16-18-44-40(21-31)52-19-17-28-10-15-38(43)39(20-28)53(47,48)45(25-29-6-11-33(49-3)12-7-29)26-30-8-13-34(50-4)14-9-30/h6-16,18,20-23,27H,17,19,24-26H2,1-5H3. The van der Waals surface area contributed by atoms with Gasteiger partial charge in [0.05, 0.1) is 34.4 Å². The van der Waals surface area contributed by atoms with Crippen LogP contribution in [0.25, 0.3) is 11.1 Å². The van der Waals surface area contributed by atoms with Crippen LogP contribution in [0.5, 0.6) is 17.4 Å². The zero-order valence-corrected chi connectivity index (χ0v) is 31.1. The van der Waals surface area contributed by atoms with Crippen molar-refractivity contribution in [3.05, 3.63) is 137 Å². The predicted octanol–water partition coefficient (Wildman–Crippen LogP) is 7.90. The van der Waals surface area contributed by atoms with E-state index >= 15 is 4.39 Å². The number of aromatic nitrogens is 1. The summed E-state index contributed by atoms with van der Waals surface area (Å²) in [5, 5.41) is 0. The molecule has 5 aromatic rings. The molecule has 0 bridgehead atoms. The van der Waals surface area contributed by atoms with Crippen LogP contribution < -0.4 is 14.2 Å². The van der Waals surface area contributed by atoms with Crippen LogP contribution in [0.1, 0.15) is 47.6 Å². The molecule has 5 rings (SSSR count). The molecule has 0 N–H and O–H groups in total. The number of hydrogen-bond acceptors (Lipinski definition) is 8. The number of carbonyl (C=O) groups is 1. The Morgan fingerprint density at radius 3 is 1.96 bits per heavy atom. The van der Waals surface area contributed by atoms with Crippen LogP contribution in [0.4, 0.5) is 8.78 Å². The molecule has 0 saturated carbocycles. The molecule has 0 atom stereocenters. The van der Waals surface area contributed by atoms with Crippen LogP contribution in [0, 0.1) is 11.6 Å². The number of ether oxygens (including phenoxy) is 4. The minimum atomic E-state index is -4.34. The molecule has 0 fully saturated rings. The topological polar surface area (TPSA) is 104 Å². The summed E-state index contributed by atoms with van der Waals surface area (Å²) in [4.78, 5) is 16.1. The van der Waals surface area contributed by atoms with Crippen molar-refractivity contribution in [3.63, 3.8) is 0 Å². The van der Waals surface area contributed by atoms with Gasteiger partial charge in [-0.15, -0.1) is 0 Å². The van der Waals surface area contributed by atoms with Crippen molar-refractivity contribution in [3.8, 4) is 28.5 Å². The number of hydrogen-bond donors (Lipinski definition) is 0. The van der Waals surface area contributed by atoms with Crippen molar-refractivity contribution >= 4 is 16.0 Å². The molecule has 0 radical (unpaired) electrons. The molecule has 0 aliphatic rings. The molecule has 12 heteroatoms. The summed E-state index contributed by atoms with van der Waals surface area (Å²) in [5.41, 5.74) is 4.38. The van der Waals surface area contributed by atoms with Gasteiger partial charge in [-0.05, 0) is 99.5 Å². The average Bonchev–Trinajstić information content (AvgIpc) is 3.16. The minimum absolute atomic E-state index is 0.0154. The molecule has 9 nitrogen and oxygen atoms in total. The molecule has 1 heterocycles. The first-order valence-electron chi connectivity index (χ1n) is 16.9. The van der Waals surface area contributed by atoms with Gasteiger partial charge in [0.15, 0.2) is 0 Å². The molecule has 1 aromatic heterocycles. The normalized spacial score (nSPS) is 11.5. The smallest absolute Gasteiger partial charge is 0.310 e. The second-order valence-corrected chi connectivity index (χ2v) is 14.6. The highest BCUT2D eigenvalue weighted by Crippen LogP contribution is 2.33. The third-order valence-electron chi connectivity index (χ3n) is 8.76. The van der Waals surface area contributed by atoms with Gasteiger partial charge in [-0.1, -0.05) is 44.2 Å². The molecule has 0 amide bonds. The SMILES string of the molecule is COC(=O)Cc1c(-c2ccnc(OCCc3ccc(F)c(S(=O)(=O)N(Cc4ccc(OC)cc4)Cc4ccc(OC)cc4)c3)c2)cc(F)cc1C(C)C. The number of pyridine rings is 1. The number of benzene rings is 4. The van der Waals surface area contributed by atoms with E-state index in [0.717, 1.165) is 6.07 Å². The third-order valence-corrected chi connectivity index (χ3v) is 10.6. The zero-order valence-electron chi connectivity index (χ0n) is 30.3. The number of methoxy groups -OCH3 is 3. The Balaban J connectivity index is 1.37. The van der Waals surface area contributed by atoms with Gasteiger partial charge in [-0.2, -0.15) is 4.31 Å². The van der Waals surface area contributed by atoms with E-state index in [1.165, 1.54) is 41.9 Å². The first-order valence-corrected chi connectivity index (χ1v) is 18.4. The van der Waals surface area contributed by atoms with E-state index in [1.807, 2.05) is 13.8 Å². The summed E-state index contributed by atoms with van der Waals surface area (Å²) < 4.78 is 81.1. The average molecular weight is 745 g/mol. The molecule has 53 heavy (non-hydrogen) atoms. The first-order chi connectivity index (χ1) is 25.4. The maximum absolute atomic E-state index is 15.4. The summed E-state index contributed by atoms with van der Waals surface area (Å²) in [7, 11) is 0.0506. The lowest BCUT2D eigenvalue weighted by molar-refractivity contribution is -0.139. The quantitative estimate of drug-likeness (QED) is 0.0941. The highest BCUT2D eigenvalue weighted by Gasteiger charge is 2.29. The Bertz CT molecular complexity index is 2090. The van der Waals surface area contributed by atoms with E-state index in [-0.39, 0.29) is 44.3 Å². The van der Waals surface area contributed by atoms with E-state index < -0.39 is 32.5 Å². The van der Waals surface area contributed by atoms with Crippen molar-refractivity contribution in [2.75, 3.05) is 27.9 Å². The van der Waals surface area contributed by atoms with Crippen LogP contribution in [-0.2, 0) is 45.5 Å². The maximum Gasteiger partial charge on any atom is 0.310 e. The number of sulfonamides is 1. The van der Waals surface area contributed by atoms with E-state index in [4.69, 9.17) is 18.9 Å². The molecule has 0 unspecified atom stereocenters. The number of halogens is 2. The minimum Gasteiger partial charge on any atom is -0.497 e. The number of carbonyl (C=O) groups excluding carboxylic acids is 1. The Morgan fingerprint density at radius 1 is 0.792 bits per heavy atom. The van der Waals surface area contributed by atoms with Gasteiger partial charge in [0.1, 0.15) is 28.0 Å². The van der Waals surface area contributed by atoms with Gasteiger partial charge in [0.25, 0.3) is 0 Å². The lowest BCUT2D eigenvalue weighted by Gasteiger charge is -2.23. The van der Waals surface area contributed by atoms with Gasteiger partial charge in [-0.25, -0.2) is 22.2 Å². The molecule has 0 saturated heterocycles. The molecule has 278 valence electrons. The molecule has 4 aromatic carbocycles. The molecule has 0 aliphatic carbocycles. The molecule has 0 spiro atoms. The summed E-state index contributed by atoms with van der Waals surface area (Å²) in [6.45, 7) is 3.90. The fourth-order valence-electron chi connectivity index (χ4n) is 5.91. The first kappa shape index (κ1) is 38.9. The number of esters is 1. The van der Waals surface area contributed by atoms with Crippen molar-refractivity contribution in [1.82, 2.24) is 9.29 Å². The lowest BCUT2D eigenvalue weighted by Crippen LogP contribution is -2.31. The Labute approximate surface area is 309 Å². The fraction of sp³-hybridized carbons (Fsp3) is 0.268. The molecular weight excluding hydrogens is 703 g/mol. The third kappa shape index (κ3) is 9.76. The molecular formula is C41H42F2N2O7S. The van der Waals surface area contributed by atoms with E-state index in [2.05, 4.69) is 4.98 Å². The predicted molar refractivity (Wildman–Crippen MR) is 197 cm³/mol. The van der Waals surface area contributed by atoms with Crippen molar-refractivity contribution < 1.29 is 40.9 Å². The fourth-order valence-corrected chi connectivity index (χ4v) is 7.44. The van der Waals surface area contributed by atoms with Crippen LogP contribution in [0.3, 0.4) is 0 Å². The summed E-state index contributed by atoms with van der Waals surface area (Å²) >= 11 is 0. The van der Waals surface area contributed by atoms with Crippen molar-refractivity contribution in [2.24, 2.45) is 0 Å². The van der Waals surface area contributed by atoms with Crippen LogP contribution in [0.15, 0.2) is 102 Å². The highest BCUT2D eigenvalue weighted by molar-refractivity contribution is 7.89. The van der Waals surface area contributed by atoms with E-state index in [0.29, 0.717) is 50.4 Å². The van der Waals surface area contributed by atoms with E-state index in [9.17, 15) is 17.6 Å². The number of nitrogens with zero attached hydrogens (tertiary/aromatic N) is 2. The van der Waals surface area contributed by atoms with Crippen molar-refractivity contribution in [2.45, 2.75) is 50.6 Å². The van der Waals surface area contributed by atoms with Gasteiger partial charge in [-0.3, -0.25) is 4.79 Å². The van der Waals surface area contributed by atoms with E-state index in [1.54, 1.807) is 74.9 Å². The Morgan fingerprint density at radius 2 is 1.40 bits per heavy atom. The van der Waals surface area contributed by atoms with Crippen LogP contribution >= 0.6 is 0 Å². The second-order valence-electron chi connectivity index (χ2n) is 12.6. The second kappa shape index (κ2) is 17.5. The van der Waals surface area contributed by atoms with Crippen LogP contribution in [0.2, 0.25) is 0 Å². The number of rotatable bonds is 16. The lowest BCUT2D eigenvalue weighted by atomic mass is 9.88. The zero-order chi connectivity index (χ0) is 38.1. The Kier molecular flexibility index (Phi) is 12.8. The highest BCUT2D eigenvalue weighted by atomic mass is 32.2. The summed E-state index contributed by atoms with van der Waals surface area (Å²) in [6.07, 6.45) is 1.72. The summed E-state index contributed by atoms with van der Waals surface area (Å²) in [6, 6.07) is 24.1. The van der Waals surface area contributed by atoms with Gasteiger partial charge in [0.2, 0.25) is 15.9 Å². The van der Waals surface area contributed by atoms with Crippen LogP contribution in [-0.4, -0.2) is 51.6 Å². The van der Waals surface area contributed by atoms with Gasteiger partial charge < -0.3 is 18.9 Å².